The van der Waals surface area contributed by atoms with Gasteiger partial charge in [0.15, 0.2) is 0 Å². The SMILES string of the molecule is OC(COCCC[Si]12OCC(CO1)O2)COCC(COCCOCC(COCCOc1ccc(-c2cc(-c3ccccn3)nc(-c3ccccn3)c2)cc1)OCCOc1ccc(-c2cc(-c3ccccn3)nc(-c3ccccn3)c2)cc1)OCCOCC(COCCOc1ccc(-c2cc(-c3ccccn3)nc(-c3ccccn3)c2)cc1)OCCOc1ccc(-c2cc(-c3ccccn3)nc(-c3ccccn3)c2)cc1. The van der Waals surface area contributed by atoms with Crippen LogP contribution in [0.2, 0.25) is 6.04 Å². The molecule has 14 heterocycles. The summed E-state index contributed by atoms with van der Waals surface area (Å²) < 4.78 is 106. The van der Waals surface area contributed by atoms with Crippen LogP contribution in [0.1, 0.15) is 6.42 Å². The summed E-state index contributed by atoms with van der Waals surface area (Å²) in [6, 6.07) is 94.8. The van der Waals surface area contributed by atoms with Gasteiger partial charge < -0.3 is 84.7 Å². The molecule has 145 heavy (non-hydrogen) atoms. The predicted octanol–water partition coefficient (Wildman–Crippen LogP) is 18.5. The Kier molecular flexibility index (Phi) is 36.9. The van der Waals surface area contributed by atoms with Crippen molar-refractivity contribution in [2.24, 2.45) is 0 Å². The molecule has 2 bridgehead atoms. The number of fused-ring (bicyclic) bond motifs is 2. The van der Waals surface area contributed by atoms with Gasteiger partial charge in [0.1, 0.15) is 73.8 Å². The van der Waals surface area contributed by atoms with Crippen LogP contribution in [0.25, 0.3) is 136 Å². The van der Waals surface area contributed by atoms with Gasteiger partial charge in [0.2, 0.25) is 0 Å². The molecule has 4 unspecified atom stereocenters. The summed E-state index contributed by atoms with van der Waals surface area (Å²) in [5.74, 6) is 2.67. The average Bonchev–Trinajstić information content (AvgIpc) is 1.42. The molecule has 2 saturated heterocycles. The monoisotopic (exact) mass is 1960 g/mol. The summed E-state index contributed by atoms with van der Waals surface area (Å²) >= 11 is 0. The molecule has 18 rings (SSSR count). The van der Waals surface area contributed by atoms with Crippen LogP contribution in [0.5, 0.6) is 23.0 Å². The number of benzene rings is 4. The van der Waals surface area contributed by atoms with E-state index in [-0.39, 0.29) is 138 Å². The molecule has 1 N–H and O–H groups in total. The van der Waals surface area contributed by atoms with E-state index >= 15 is 0 Å². The lowest BCUT2D eigenvalue weighted by Gasteiger charge is -2.21. The third kappa shape index (κ3) is 30.1. The number of ether oxygens (including phenoxy) is 14. The molecule has 0 saturated carbocycles. The van der Waals surface area contributed by atoms with Gasteiger partial charge in [0.25, 0.3) is 0 Å². The van der Waals surface area contributed by atoms with Crippen molar-refractivity contribution in [1.29, 1.82) is 0 Å². The molecular formula is C114H112N12O18Si. The van der Waals surface area contributed by atoms with E-state index in [1.54, 1.807) is 49.6 Å². The highest BCUT2D eigenvalue weighted by Crippen LogP contribution is 2.38. The molecule has 4 atom stereocenters. The minimum Gasteiger partial charge on any atom is -0.491 e. The highest BCUT2D eigenvalue weighted by atomic mass is 28.4. The fraction of sp³-hybridized carbons (Fsp3) is 0.263. The molecule has 16 aromatic rings. The summed E-state index contributed by atoms with van der Waals surface area (Å²) in [5, 5.41) is 11.1. The lowest BCUT2D eigenvalue weighted by Crippen LogP contribution is -2.38. The van der Waals surface area contributed by atoms with Crippen LogP contribution in [0, 0.1) is 0 Å². The fourth-order valence-corrected chi connectivity index (χ4v) is 18.9. The first kappa shape index (κ1) is 101. The summed E-state index contributed by atoms with van der Waals surface area (Å²) in [6.07, 6.45) is 12.2. The Hall–Kier alpha value is -14.5. The Balaban J connectivity index is 0.496. The largest absolute Gasteiger partial charge is 0.501 e. The van der Waals surface area contributed by atoms with Gasteiger partial charge in [-0.15, -0.1) is 0 Å². The van der Waals surface area contributed by atoms with Crippen LogP contribution in [0.15, 0.2) is 341 Å². The van der Waals surface area contributed by atoms with Crippen LogP contribution < -0.4 is 18.9 Å². The van der Waals surface area contributed by atoms with E-state index in [1.807, 2.05) is 291 Å². The third-order valence-electron chi connectivity index (χ3n) is 23.4. The van der Waals surface area contributed by atoms with Gasteiger partial charge in [0.05, 0.1) is 216 Å². The minimum atomic E-state index is -2.61. The average molecular weight is 1970 g/mol. The molecular weight excluding hydrogens is 1850 g/mol. The second kappa shape index (κ2) is 53.2. The van der Waals surface area contributed by atoms with Crippen molar-refractivity contribution in [3.63, 3.8) is 0 Å². The quantitative estimate of drug-likeness (QED) is 0.0273. The van der Waals surface area contributed by atoms with Crippen LogP contribution in [-0.4, -0.2) is 256 Å². The number of hydrogen-bond acceptors (Lipinski definition) is 30. The molecule has 0 amide bonds. The molecule has 30 nitrogen and oxygen atoms in total. The zero-order chi connectivity index (χ0) is 98.3. The van der Waals surface area contributed by atoms with Gasteiger partial charge in [-0.3, -0.25) is 39.9 Å². The molecule has 0 spiro atoms. The number of rotatable bonds is 57. The first-order valence-corrected chi connectivity index (χ1v) is 50.5. The van der Waals surface area contributed by atoms with E-state index < -0.39 is 33.2 Å². The van der Waals surface area contributed by atoms with Crippen molar-refractivity contribution in [2.75, 3.05) is 152 Å². The summed E-state index contributed by atoms with van der Waals surface area (Å²) in [4.78, 5) is 56.5. The van der Waals surface area contributed by atoms with Gasteiger partial charge >= 0.3 is 8.80 Å². The van der Waals surface area contributed by atoms with Gasteiger partial charge in [-0.1, -0.05) is 97.1 Å². The zero-order valence-corrected chi connectivity index (χ0v) is 81.2. The van der Waals surface area contributed by atoms with Crippen molar-refractivity contribution in [1.82, 2.24) is 59.8 Å². The second-order valence-corrected chi connectivity index (χ2v) is 36.7. The standard InChI is InChI=1S/C114H112N12O18Si/c127-90(72-128-50-17-63-145-142-80-98(144-145)81-143-145)73-134-79-97(139-58-55-133-77-96(141-62-60-138-94-40-32-85(33-41-94)89-70-113(105-24-7-15-48-121-105)126-114(71-89)106-25-8-16-49-122-106)76-132-54-57-136-92-36-28-83(29-37-92)87-66-109(101-20-3-11-44-117-101)124-110(67-87)102-21-4-12-45-118-102)78-130-52-51-129-74-95(140-61-59-137-93-38-30-84(31-39-93)88-68-111(103-22-5-13-46-119-103)125-112(69-88)104-23-6-14-47-120-104)75-131-53-56-135-91-34-26-82(27-35-91)86-64-107(99-18-1-9-42-115-99)123-108(65-86)100-19-2-10-43-116-100/h1-16,18-49,64-71,90,95-98,127H,17,50-63,72-81H2. The Morgan fingerprint density at radius 3 is 0.717 bits per heavy atom. The number of pyridine rings is 12. The van der Waals surface area contributed by atoms with Gasteiger partial charge in [-0.2, -0.15) is 0 Å². The molecule has 2 fully saturated rings. The Labute approximate surface area is 842 Å². The minimum absolute atomic E-state index is 0.0151. The van der Waals surface area contributed by atoms with E-state index in [9.17, 15) is 5.11 Å². The second-order valence-electron chi connectivity index (χ2n) is 34.0. The van der Waals surface area contributed by atoms with E-state index in [4.69, 9.17) is 99.5 Å². The van der Waals surface area contributed by atoms with Crippen molar-refractivity contribution in [3.8, 4) is 159 Å². The van der Waals surface area contributed by atoms with Crippen molar-refractivity contribution in [3.05, 3.63) is 341 Å². The van der Waals surface area contributed by atoms with Gasteiger partial charge in [-0.05, 0) is 245 Å². The van der Waals surface area contributed by atoms with E-state index in [0.717, 1.165) is 136 Å². The maximum Gasteiger partial charge on any atom is 0.501 e. The molecule has 740 valence electrons. The Morgan fingerprint density at radius 1 is 0.241 bits per heavy atom. The zero-order valence-electron chi connectivity index (χ0n) is 80.2. The number of aliphatic hydroxyl groups is 1. The number of hydrogen-bond donors (Lipinski definition) is 1. The molecule has 4 aromatic carbocycles. The number of aliphatic hydroxyl groups excluding tert-OH is 1. The fourth-order valence-electron chi connectivity index (χ4n) is 16.1. The Morgan fingerprint density at radius 2 is 0.469 bits per heavy atom. The normalized spacial score (nSPS) is 14.6. The van der Waals surface area contributed by atoms with Crippen LogP contribution >= 0.6 is 0 Å². The lowest BCUT2D eigenvalue weighted by molar-refractivity contribution is -0.106. The topological polar surface area (TPSA) is 332 Å². The maximum atomic E-state index is 11.1. The first-order valence-electron chi connectivity index (χ1n) is 48.6. The molecule has 0 radical (unpaired) electrons. The highest BCUT2D eigenvalue weighted by molar-refractivity contribution is 6.61. The lowest BCUT2D eigenvalue weighted by atomic mass is 10.0. The van der Waals surface area contributed by atoms with Crippen LogP contribution in [0.3, 0.4) is 0 Å². The summed E-state index contributed by atoms with van der Waals surface area (Å²) in [7, 11) is -2.61. The van der Waals surface area contributed by atoms with Crippen LogP contribution in [-0.2, 0) is 60.6 Å². The highest BCUT2D eigenvalue weighted by Gasteiger charge is 2.54. The Bertz CT molecular complexity index is 6360. The van der Waals surface area contributed by atoms with Crippen molar-refractivity contribution < 1.29 is 84.7 Å². The number of nitrogens with zero attached hydrogens (tertiary/aromatic N) is 12. The van der Waals surface area contributed by atoms with Crippen molar-refractivity contribution in [2.45, 2.75) is 43.0 Å². The van der Waals surface area contributed by atoms with E-state index in [2.05, 4.69) is 39.9 Å². The van der Waals surface area contributed by atoms with Gasteiger partial charge in [-0.25, -0.2) is 19.9 Å². The first-order chi connectivity index (χ1) is 71.7. The molecule has 2 aliphatic rings. The maximum absolute atomic E-state index is 11.1. The van der Waals surface area contributed by atoms with Gasteiger partial charge in [0, 0.05) is 62.2 Å². The molecule has 12 aromatic heterocycles. The van der Waals surface area contributed by atoms with E-state index in [1.165, 1.54) is 0 Å². The number of aromatic nitrogens is 12. The third-order valence-corrected chi connectivity index (χ3v) is 26.2. The van der Waals surface area contributed by atoms with Crippen LogP contribution in [0.4, 0.5) is 0 Å². The molecule has 2 aliphatic heterocycles. The van der Waals surface area contributed by atoms with Crippen molar-refractivity contribution >= 4 is 8.80 Å². The summed E-state index contributed by atoms with van der Waals surface area (Å²) in [5.41, 5.74) is 19.6. The predicted molar refractivity (Wildman–Crippen MR) is 549 cm³/mol. The van der Waals surface area contributed by atoms with E-state index in [0.29, 0.717) is 55.3 Å². The molecule has 31 heteroatoms. The summed E-state index contributed by atoms with van der Waals surface area (Å²) in [6.45, 7) is 5.14. The smallest absolute Gasteiger partial charge is 0.491 e. The molecule has 0 aliphatic carbocycles.